The fourth-order valence-corrected chi connectivity index (χ4v) is 7.09. The highest BCUT2D eigenvalue weighted by molar-refractivity contribution is 5.89. The predicted molar refractivity (Wildman–Crippen MR) is 207 cm³/mol. The van der Waals surface area contributed by atoms with Gasteiger partial charge in [0, 0.05) is 41.3 Å². The number of nitrogens with zero attached hydrogens (tertiary/aromatic N) is 3. The number of nitrogens with one attached hydrogen (secondary N) is 2. The van der Waals surface area contributed by atoms with Crippen molar-refractivity contribution in [3.63, 3.8) is 0 Å². The number of ether oxygens (including phenoxy) is 2. The number of likely N-dealkylation sites (N-methyl/N-ethyl adjacent to an activating group) is 2. The number of rotatable bonds is 21. The molecule has 0 radical (unpaired) electrons. The molecule has 5 amide bonds. The Morgan fingerprint density at radius 2 is 1.59 bits per heavy atom. The molecule has 1 aliphatic heterocycles. The highest BCUT2D eigenvalue weighted by Gasteiger charge is 2.42. The number of carboxylic acids is 1. The Hall–Kier alpha value is -4.04. The zero-order valence-corrected chi connectivity index (χ0v) is 34.4. The van der Waals surface area contributed by atoms with Gasteiger partial charge >= 0.3 is 5.97 Å². The fraction of sp³-hybridized carbons (Fsp3) is 0.700. The molecule has 1 fully saturated rings. The molecule has 3 N–H and O–H groups in total. The number of carbonyl (C=O) groups excluding carboxylic acids is 5. The minimum Gasteiger partial charge on any atom is -0.480 e. The third-order valence-corrected chi connectivity index (χ3v) is 10.1. The molecule has 54 heavy (non-hydrogen) atoms. The average molecular weight is 762 g/mol. The molecule has 0 saturated carbocycles. The molecule has 14 heteroatoms. The van der Waals surface area contributed by atoms with Gasteiger partial charge in [0.1, 0.15) is 12.1 Å². The standard InChI is InChI=1S/C37H59N5O9.C3H8/c1-10-24(4)33(41(7)31(45)21-38-36(47)32(23(2)3)40(6)22-43)29(50-8)20-30(44)42-18-14-17-28(42)34(51-9)25(5)35(46)39-27(37(48)49)19-26-15-12-11-13-16-26;1-3-2/h11-13,15-16,22-25,27-29,32-34H,10,14,17-21H2,1-9H3,(H,38,47)(H,39,46)(H,48,49);3H2,1-2H3. The van der Waals surface area contributed by atoms with Crippen LogP contribution in [-0.2, 0) is 44.7 Å². The van der Waals surface area contributed by atoms with Crippen LogP contribution in [0.3, 0.4) is 0 Å². The normalized spacial score (nSPS) is 17.8. The molecule has 14 nitrogen and oxygen atoms in total. The van der Waals surface area contributed by atoms with Gasteiger partial charge in [-0.25, -0.2) is 4.79 Å². The van der Waals surface area contributed by atoms with Crippen molar-refractivity contribution in [2.75, 3.05) is 41.4 Å². The van der Waals surface area contributed by atoms with Crippen molar-refractivity contribution in [2.45, 2.75) is 123 Å². The maximum Gasteiger partial charge on any atom is 0.326 e. The molecule has 1 aromatic rings. The highest BCUT2D eigenvalue weighted by atomic mass is 16.5. The minimum atomic E-state index is -1.15. The summed E-state index contributed by atoms with van der Waals surface area (Å²) in [5, 5.41) is 15.1. The second kappa shape index (κ2) is 24.4. The molecule has 1 aromatic carbocycles. The first-order valence-corrected chi connectivity index (χ1v) is 19.2. The molecule has 1 heterocycles. The van der Waals surface area contributed by atoms with Crippen molar-refractivity contribution in [1.82, 2.24) is 25.3 Å². The van der Waals surface area contributed by atoms with Gasteiger partial charge < -0.3 is 39.9 Å². The van der Waals surface area contributed by atoms with Crippen LogP contribution in [0.5, 0.6) is 0 Å². The number of amides is 5. The maximum atomic E-state index is 14.0. The lowest BCUT2D eigenvalue weighted by molar-refractivity contribution is -0.147. The monoisotopic (exact) mass is 761 g/mol. The number of carboxylic acid groups (broad SMARTS) is 1. The minimum absolute atomic E-state index is 0.0410. The topological polar surface area (TPSA) is 175 Å². The Bertz CT molecular complexity index is 1330. The average Bonchev–Trinajstić information content (AvgIpc) is 3.63. The van der Waals surface area contributed by atoms with E-state index in [2.05, 4.69) is 24.5 Å². The quantitative estimate of drug-likeness (QED) is 0.159. The van der Waals surface area contributed by atoms with E-state index in [0.717, 1.165) is 5.56 Å². The second-order valence-electron chi connectivity index (χ2n) is 14.6. The smallest absolute Gasteiger partial charge is 0.326 e. The summed E-state index contributed by atoms with van der Waals surface area (Å²) in [6.07, 6.45) is 2.50. The van der Waals surface area contributed by atoms with E-state index in [4.69, 9.17) is 9.47 Å². The van der Waals surface area contributed by atoms with E-state index in [9.17, 15) is 33.9 Å². The summed E-state index contributed by atoms with van der Waals surface area (Å²) in [4.78, 5) is 81.5. The van der Waals surface area contributed by atoms with Gasteiger partial charge in [0.15, 0.2) is 0 Å². The van der Waals surface area contributed by atoms with Gasteiger partial charge in [-0.05, 0) is 30.2 Å². The molecule has 0 aromatic heterocycles. The fourth-order valence-electron chi connectivity index (χ4n) is 7.09. The Balaban J connectivity index is 0.00000469. The van der Waals surface area contributed by atoms with Gasteiger partial charge in [0.2, 0.25) is 30.0 Å². The van der Waals surface area contributed by atoms with Crippen molar-refractivity contribution in [2.24, 2.45) is 17.8 Å². The van der Waals surface area contributed by atoms with Crippen LogP contribution in [0.1, 0.15) is 86.1 Å². The molecule has 1 aliphatic rings. The van der Waals surface area contributed by atoms with E-state index in [1.807, 2.05) is 33.8 Å². The van der Waals surface area contributed by atoms with Crippen LogP contribution >= 0.6 is 0 Å². The van der Waals surface area contributed by atoms with Crippen molar-refractivity contribution >= 4 is 36.0 Å². The van der Waals surface area contributed by atoms with Crippen LogP contribution in [0.25, 0.3) is 0 Å². The van der Waals surface area contributed by atoms with Gasteiger partial charge in [-0.1, -0.05) is 91.6 Å². The first kappa shape index (κ1) is 48.0. The second-order valence-corrected chi connectivity index (χ2v) is 14.6. The van der Waals surface area contributed by atoms with E-state index in [0.29, 0.717) is 32.2 Å². The Kier molecular flexibility index (Phi) is 21.7. The van der Waals surface area contributed by atoms with E-state index in [-0.39, 0.29) is 43.0 Å². The summed E-state index contributed by atoms with van der Waals surface area (Å²) in [6.45, 7) is 13.7. The van der Waals surface area contributed by atoms with Crippen LogP contribution in [0.15, 0.2) is 30.3 Å². The largest absolute Gasteiger partial charge is 0.480 e. The molecule has 8 unspecified atom stereocenters. The summed E-state index contributed by atoms with van der Waals surface area (Å²) >= 11 is 0. The van der Waals surface area contributed by atoms with Crippen LogP contribution in [0.4, 0.5) is 0 Å². The molecule has 1 saturated heterocycles. The lowest BCUT2D eigenvalue weighted by atomic mass is 9.90. The molecule has 0 bridgehead atoms. The number of likely N-dealkylation sites (tertiary alicyclic amines) is 1. The molecule has 0 spiro atoms. The summed E-state index contributed by atoms with van der Waals surface area (Å²) in [7, 11) is 6.11. The zero-order valence-electron chi connectivity index (χ0n) is 34.4. The number of hydrogen-bond acceptors (Lipinski definition) is 8. The number of aliphatic carboxylic acids is 1. The first-order valence-electron chi connectivity index (χ1n) is 19.2. The van der Waals surface area contributed by atoms with Crippen molar-refractivity contribution < 1.29 is 43.3 Å². The predicted octanol–water partition coefficient (Wildman–Crippen LogP) is 3.36. The third-order valence-electron chi connectivity index (χ3n) is 10.1. The van der Waals surface area contributed by atoms with Gasteiger partial charge in [-0.15, -0.1) is 0 Å². The Morgan fingerprint density at radius 3 is 2.09 bits per heavy atom. The van der Waals surface area contributed by atoms with Crippen molar-refractivity contribution in [1.29, 1.82) is 0 Å². The number of carbonyl (C=O) groups is 6. The highest BCUT2D eigenvalue weighted by Crippen LogP contribution is 2.29. The summed E-state index contributed by atoms with van der Waals surface area (Å²) in [5.41, 5.74) is 0.774. The molecule has 0 aliphatic carbocycles. The first-order chi connectivity index (χ1) is 25.5. The molecular weight excluding hydrogens is 694 g/mol. The Morgan fingerprint density at radius 1 is 0.981 bits per heavy atom. The SMILES string of the molecule is CCC.CCC(C)C(C(CC(=O)N1CCCC1C(OC)C(C)C(=O)NC(Cc1ccccc1)C(=O)O)OC)N(C)C(=O)CNC(=O)C(C(C)C)N(C)C=O. The molecule has 2 rings (SSSR count). The lowest BCUT2D eigenvalue weighted by Crippen LogP contribution is -2.55. The lowest BCUT2D eigenvalue weighted by Gasteiger charge is -2.39. The van der Waals surface area contributed by atoms with Gasteiger partial charge in [0.05, 0.1) is 43.2 Å². The molecule has 8 atom stereocenters. The van der Waals surface area contributed by atoms with Crippen molar-refractivity contribution in [3.05, 3.63) is 35.9 Å². The van der Waals surface area contributed by atoms with E-state index < -0.39 is 60.1 Å². The summed E-state index contributed by atoms with van der Waals surface area (Å²) in [5.74, 6) is -3.67. The number of hydrogen-bond donors (Lipinski definition) is 3. The van der Waals surface area contributed by atoms with Gasteiger partial charge in [0.25, 0.3) is 0 Å². The van der Waals surface area contributed by atoms with Crippen LogP contribution < -0.4 is 10.6 Å². The van der Waals surface area contributed by atoms with E-state index in [1.165, 1.54) is 37.5 Å². The van der Waals surface area contributed by atoms with Gasteiger partial charge in [-0.2, -0.15) is 0 Å². The van der Waals surface area contributed by atoms with E-state index in [1.54, 1.807) is 43.1 Å². The third kappa shape index (κ3) is 14.0. The van der Waals surface area contributed by atoms with Crippen LogP contribution in [0.2, 0.25) is 0 Å². The van der Waals surface area contributed by atoms with Gasteiger partial charge in [-0.3, -0.25) is 24.0 Å². The van der Waals surface area contributed by atoms with Crippen molar-refractivity contribution in [3.8, 4) is 0 Å². The number of methoxy groups -OCH3 is 2. The van der Waals surface area contributed by atoms with Crippen LogP contribution in [-0.4, -0.2) is 134 Å². The number of benzene rings is 1. The Labute approximate surface area is 322 Å². The summed E-state index contributed by atoms with van der Waals surface area (Å²) < 4.78 is 11.7. The zero-order chi connectivity index (χ0) is 41.1. The summed E-state index contributed by atoms with van der Waals surface area (Å²) in [6, 6.07) is 6.23. The van der Waals surface area contributed by atoms with E-state index >= 15 is 0 Å². The van der Waals surface area contributed by atoms with Crippen LogP contribution in [0, 0.1) is 17.8 Å². The molecular formula is C40H67N5O9. The molecule has 306 valence electrons. The maximum absolute atomic E-state index is 14.0.